The van der Waals surface area contributed by atoms with Gasteiger partial charge in [-0.2, -0.15) is 0 Å². The molecule has 0 saturated carbocycles. The number of morpholine rings is 1. The molecule has 0 bridgehead atoms. The summed E-state index contributed by atoms with van der Waals surface area (Å²) >= 11 is 0. The van der Waals surface area contributed by atoms with Gasteiger partial charge in [-0.05, 0) is 49.4 Å². The van der Waals surface area contributed by atoms with Crippen LogP contribution in [0.4, 0.5) is 5.69 Å². The highest BCUT2D eigenvalue weighted by Gasteiger charge is 2.26. The topological polar surface area (TPSA) is 49.3 Å². The van der Waals surface area contributed by atoms with Crippen molar-refractivity contribution in [2.75, 3.05) is 57.9 Å². The molecule has 2 aromatic rings. The van der Waals surface area contributed by atoms with Crippen LogP contribution >= 0.6 is 0 Å². The minimum absolute atomic E-state index is 0.0869. The van der Waals surface area contributed by atoms with Gasteiger partial charge in [0.05, 0.1) is 20.3 Å². The van der Waals surface area contributed by atoms with Crippen LogP contribution in [0.1, 0.15) is 30.6 Å². The summed E-state index contributed by atoms with van der Waals surface area (Å²) < 4.78 is 11.5. The zero-order valence-corrected chi connectivity index (χ0v) is 19.6. The first kappa shape index (κ1) is 22.5. The second-order valence-electron chi connectivity index (χ2n) is 8.66. The number of methoxy groups -OCH3 is 1. The lowest BCUT2D eigenvalue weighted by Gasteiger charge is -2.36. The molecule has 0 radical (unpaired) electrons. The molecule has 0 aliphatic carbocycles. The van der Waals surface area contributed by atoms with E-state index >= 15 is 0 Å². The number of aryl methyl sites for hydroxylation is 1. The molecule has 4 rings (SSSR count). The van der Waals surface area contributed by atoms with E-state index in [1.54, 1.807) is 7.11 Å². The Morgan fingerprint density at radius 1 is 1.16 bits per heavy atom. The number of nitrogens with zero attached hydrogens (tertiary/aromatic N) is 3. The highest BCUT2D eigenvalue weighted by atomic mass is 16.5. The van der Waals surface area contributed by atoms with E-state index in [4.69, 9.17) is 14.5 Å². The Hall–Kier alpha value is -2.73. The summed E-state index contributed by atoms with van der Waals surface area (Å²) in [6.07, 6.45) is 1.25. The molecular formula is C26H36N4O2. The molecule has 0 aromatic heterocycles. The van der Waals surface area contributed by atoms with E-state index in [-0.39, 0.29) is 6.10 Å². The molecule has 2 aliphatic rings. The second-order valence-corrected chi connectivity index (χ2v) is 8.66. The highest BCUT2D eigenvalue weighted by Crippen LogP contribution is 2.28. The normalized spacial score (nSPS) is 21.7. The van der Waals surface area contributed by atoms with Gasteiger partial charge in [-0.1, -0.05) is 30.3 Å². The van der Waals surface area contributed by atoms with Crippen molar-refractivity contribution in [3.8, 4) is 5.75 Å². The smallest absolute Gasteiger partial charge is 0.194 e. The van der Waals surface area contributed by atoms with Gasteiger partial charge in [-0.25, -0.2) is 0 Å². The number of ether oxygens (including phenoxy) is 2. The molecule has 6 nitrogen and oxygen atoms in total. The number of rotatable bonds is 6. The lowest BCUT2D eigenvalue weighted by Crippen LogP contribution is -2.48. The largest absolute Gasteiger partial charge is 0.497 e. The summed E-state index contributed by atoms with van der Waals surface area (Å²) in [6, 6.07) is 16.9. The minimum atomic E-state index is 0.0869. The summed E-state index contributed by atoms with van der Waals surface area (Å²) in [6.45, 7) is 10.5. The average Bonchev–Trinajstić information content (AvgIpc) is 3.31. The minimum Gasteiger partial charge on any atom is -0.497 e. The van der Waals surface area contributed by atoms with E-state index < -0.39 is 0 Å². The molecule has 0 spiro atoms. The van der Waals surface area contributed by atoms with Crippen molar-refractivity contribution in [3.63, 3.8) is 0 Å². The van der Waals surface area contributed by atoms with Crippen LogP contribution in [-0.4, -0.2) is 63.8 Å². The maximum absolute atomic E-state index is 6.12. The van der Waals surface area contributed by atoms with Gasteiger partial charge in [0.2, 0.25) is 0 Å². The van der Waals surface area contributed by atoms with Crippen molar-refractivity contribution >= 4 is 11.6 Å². The molecule has 2 aromatic carbocycles. The summed E-state index contributed by atoms with van der Waals surface area (Å²) in [5.41, 5.74) is 3.79. The van der Waals surface area contributed by atoms with E-state index in [0.29, 0.717) is 5.92 Å². The number of hydrogen-bond donors (Lipinski definition) is 1. The molecule has 2 unspecified atom stereocenters. The van der Waals surface area contributed by atoms with Crippen molar-refractivity contribution in [2.24, 2.45) is 10.9 Å². The molecule has 2 fully saturated rings. The molecule has 32 heavy (non-hydrogen) atoms. The Balaban J connectivity index is 1.39. The molecule has 1 N–H and O–H groups in total. The van der Waals surface area contributed by atoms with E-state index in [1.165, 1.54) is 16.8 Å². The van der Waals surface area contributed by atoms with Crippen molar-refractivity contribution in [1.82, 2.24) is 10.2 Å². The summed E-state index contributed by atoms with van der Waals surface area (Å²) in [4.78, 5) is 9.86. The van der Waals surface area contributed by atoms with Gasteiger partial charge in [0.25, 0.3) is 0 Å². The molecule has 0 amide bonds. The van der Waals surface area contributed by atoms with Crippen LogP contribution in [0.3, 0.4) is 0 Å². The third-order valence-electron chi connectivity index (χ3n) is 6.44. The van der Waals surface area contributed by atoms with Gasteiger partial charge >= 0.3 is 0 Å². The second kappa shape index (κ2) is 10.7. The van der Waals surface area contributed by atoms with Gasteiger partial charge in [0.15, 0.2) is 5.96 Å². The molecule has 2 saturated heterocycles. The molecular weight excluding hydrogens is 400 g/mol. The van der Waals surface area contributed by atoms with E-state index in [2.05, 4.69) is 71.4 Å². The number of hydrogen-bond acceptors (Lipinski definition) is 4. The standard InChI is InChI=1S/C26H36N4O2/c1-4-27-26(30-14-15-32-25(19-30)24-11-6-5-8-20(24)2)28-17-21-12-13-29(18-21)22-9-7-10-23(16-22)31-3/h5-11,16,21,25H,4,12-15,17-19H2,1-3H3,(H,27,28). The lowest BCUT2D eigenvalue weighted by molar-refractivity contribution is -0.00834. The highest BCUT2D eigenvalue weighted by molar-refractivity contribution is 5.80. The first-order valence-electron chi connectivity index (χ1n) is 11.8. The molecule has 172 valence electrons. The fraction of sp³-hybridized carbons (Fsp3) is 0.500. The number of nitrogens with one attached hydrogen (secondary N) is 1. The fourth-order valence-corrected chi connectivity index (χ4v) is 4.64. The van der Waals surface area contributed by atoms with Crippen molar-refractivity contribution in [3.05, 3.63) is 59.7 Å². The third-order valence-corrected chi connectivity index (χ3v) is 6.44. The van der Waals surface area contributed by atoms with Gasteiger partial charge in [-0.3, -0.25) is 4.99 Å². The summed E-state index contributed by atoms with van der Waals surface area (Å²) in [7, 11) is 1.72. The fourth-order valence-electron chi connectivity index (χ4n) is 4.64. The van der Waals surface area contributed by atoms with E-state index in [0.717, 1.165) is 64.0 Å². The number of aliphatic imine (C=N–C) groups is 1. The van der Waals surface area contributed by atoms with Crippen molar-refractivity contribution in [1.29, 1.82) is 0 Å². The Morgan fingerprint density at radius 2 is 2.03 bits per heavy atom. The van der Waals surface area contributed by atoms with Crippen molar-refractivity contribution < 1.29 is 9.47 Å². The zero-order chi connectivity index (χ0) is 22.3. The van der Waals surface area contributed by atoms with E-state index in [9.17, 15) is 0 Å². The Kier molecular flexibility index (Phi) is 7.53. The molecule has 6 heteroatoms. The SMILES string of the molecule is CCNC(=NCC1CCN(c2cccc(OC)c2)C1)N1CCOC(c2ccccc2C)C1. The molecule has 2 heterocycles. The Labute approximate surface area is 192 Å². The van der Waals surface area contributed by atoms with Crippen LogP contribution in [0.25, 0.3) is 0 Å². The number of guanidine groups is 1. The molecule has 2 atom stereocenters. The molecule has 2 aliphatic heterocycles. The van der Waals surface area contributed by atoms with Gasteiger partial charge in [-0.15, -0.1) is 0 Å². The quantitative estimate of drug-likeness (QED) is 0.550. The zero-order valence-electron chi connectivity index (χ0n) is 19.6. The predicted octanol–water partition coefficient (Wildman–Crippen LogP) is 3.87. The first-order valence-corrected chi connectivity index (χ1v) is 11.8. The van der Waals surface area contributed by atoms with E-state index in [1.807, 2.05) is 6.07 Å². The summed E-state index contributed by atoms with van der Waals surface area (Å²) in [5, 5.41) is 3.51. The van der Waals surface area contributed by atoms with Crippen LogP contribution < -0.4 is 15.0 Å². The third kappa shape index (κ3) is 5.36. The van der Waals surface area contributed by atoms with Crippen LogP contribution in [-0.2, 0) is 4.74 Å². The van der Waals surface area contributed by atoms with Crippen LogP contribution in [0, 0.1) is 12.8 Å². The van der Waals surface area contributed by atoms with Crippen LogP contribution in [0.15, 0.2) is 53.5 Å². The lowest BCUT2D eigenvalue weighted by atomic mass is 10.0. The van der Waals surface area contributed by atoms with Crippen LogP contribution in [0.5, 0.6) is 5.75 Å². The van der Waals surface area contributed by atoms with Crippen molar-refractivity contribution in [2.45, 2.75) is 26.4 Å². The summed E-state index contributed by atoms with van der Waals surface area (Å²) in [5.74, 6) is 2.48. The monoisotopic (exact) mass is 436 g/mol. The predicted molar refractivity (Wildman–Crippen MR) is 131 cm³/mol. The number of benzene rings is 2. The Morgan fingerprint density at radius 3 is 2.84 bits per heavy atom. The van der Waals surface area contributed by atoms with Gasteiger partial charge in [0, 0.05) is 44.5 Å². The maximum Gasteiger partial charge on any atom is 0.194 e. The van der Waals surface area contributed by atoms with Gasteiger partial charge in [0.1, 0.15) is 11.9 Å². The average molecular weight is 437 g/mol. The maximum atomic E-state index is 6.12. The Bertz CT molecular complexity index is 916. The van der Waals surface area contributed by atoms with Gasteiger partial charge < -0.3 is 24.6 Å². The number of anilines is 1. The first-order chi connectivity index (χ1) is 15.7. The van der Waals surface area contributed by atoms with Crippen LogP contribution in [0.2, 0.25) is 0 Å².